The van der Waals surface area contributed by atoms with Crippen molar-refractivity contribution in [1.82, 2.24) is 0 Å². The molecule has 0 saturated heterocycles. The molecule has 0 fully saturated rings. The maximum atomic E-state index is 5.58. The van der Waals surface area contributed by atoms with E-state index in [1.54, 1.807) is 0 Å². The van der Waals surface area contributed by atoms with Crippen LogP contribution in [0.3, 0.4) is 0 Å². The van der Waals surface area contributed by atoms with Gasteiger partial charge in [0.25, 0.3) is 0 Å². The molecule has 1 aliphatic carbocycles. The molecular formula is C6H5Cl4Sn-3. The molecule has 1 rings (SSSR count). The van der Waals surface area contributed by atoms with E-state index in [-0.39, 0.29) is 61.1 Å². The van der Waals surface area contributed by atoms with Crippen LogP contribution in [0.25, 0.3) is 0 Å². The maximum Gasteiger partial charge on any atom is 0.0231 e. The average Bonchev–Trinajstić information content (AvgIpc) is 1.69. The van der Waals surface area contributed by atoms with Crippen LogP contribution in [-0.2, 0) is 0 Å². The zero-order valence-corrected chi connectivity index (χ0v) is 11.3. The van der Waals surface area contributed by atoms with E-state index in [2.05, 4.69) is 5.73 Å². The summed E-state index contributed by atoms with van der Waals surface area (Å²) in [7, 11) is 0. The van der Waals surface area contributed by atoms with Crippen molar-refractivity contribution in [1.29, 1.82) is 0 Å². The number of rotatable bonds is 0. The largest absolute Gasteiger partial charge is 1.00 e. The zero-order valence-electron chi connectivity index (χ0n) is 5.45. The van der Waals surface area contributed by atoms with Gasteiger partial charge in [0.15, 0.2) is 0 Å². The molecule has 0 nitrogen and oxygen atoms in total. The fourth-order valence-corrected chi connectivity index (χ4v) is 0.571. The van der Waals surface area contributed by atoms with Crippen LogP contribution in [-0.4, -0.2) is 23.9 Å². The van der Waals surface area contributed by atoms with E-state index in [0.717, 1.165) is 11.5 Å². The third-order valence-corrected chi connectivity index (χ3v) is 1.06. The number of hydrogen-bond donors (Lipinski definition) is 0. The second-order valence-corrected chi connectivity index (χ2v) is 1.84. The number of allylic oxidation sites excluding steroid dienone is 3. The standard InChI is InChI=1S/C6H5Cl.3ClH.Sn/c7-6-4-2-1-3-5-6;;;;/h2-4H,5H2;3*1H;/p-3. The Labute approximate surface area is 107 Å². The predicted molar refractivity (Wildman–Crippen MR) is 37.0 cm³/mol. The van der Waals surface area contributed by atoms with Gasteiger partial charge in [0.2, 0.25) is 0 Å². The number of hydrogen-bond acceptors (Lipinski definition) is 0. The van der Waals surface area contributed by atoms with Crippen molar-refractivity contribution in [3.8, 4) is 0 Å². The van der Waals surface area contributed by atoms with Gasteiger partial charge in [-0.15, -0.1) is 5.73 Å². The first-order valence-electron chi connectivity index (χ1n) is 2.15. The van der Waals surface area contributed by atoms with Crippen LogP contribution < -0.4 is 37.2 Å². The van der Waals surface area contributed by atoms with Gasteiger partial charge < -0.3 is 37.2 Å². The topological polar surface area (TPSA) is 0 Å². The van der Waals surface area contributed by atoms with Crippen molar-refractivity contribution < 1.29 is 37.2 Å². The molecule has 0 aromatic heterocycles. The molecule has 0 atom stereocenters. The van der Waals surface area contributed by atoms with Crippen LogP contribution in [0.4, 0.5) is 0 Å². The Hall–Kier alpha value is 1.22. The Balaban J connectivity index is -0.0000000612. The van der Waals surface area contributed by atoms with Gasteiger partial charge in [0.05, 0.1) is 0 Å². The van der Waals surface area contributed by atoms with Crippen LogP contribution in [0.5, 0.6) is 0 Å². The van der Waals surface area contributed by atoms with Gasteiger partial charge in [-0.25, -0.2) is 0 Å². The fourth-order valence-electron chi connectivity index (χ4n) is 0.431. The second kappa shape index (κ2) is 13.8. The summed E-state index contributed by atoms with van der Waals surface area (Å²) < 4.78 is 0. The van der Waals surface area contributed by atoms with Crippen molar-refractivity contribution in [2.24, 2.45) is 0 Å². The van der Waals surface area contributed by atoms with Gasteiger partial charge >= 0.3 is 0 Å². The van der Waals surface area contributed by atoms with E-state index < -0.39 is 0 Å². The SMILES string of the molecule is ClC1=CC=C=CC1.[Cl-].[Cl-].[Cl-].[Sn]. The Kier molecular flexibility index (Phi) is 28.5. The normalized spacial score (nSPS) is 10.8. The first-order chi connectivity index (χ1) is 3.39. The van der Waals surface area contributed by atoms with E-state index in [9.17, 15) is 0 Å². The minimum Gasteiger partial charge on any atom is -1.00 e. The minimum atomic E-state index is 0. The molecule has 11 heavy (non-hydrogen) atoms. The molecule has 4 radical (unpaired) electrons. The molecule has 1 aliphatic rings. The molecule has 0 unspecified atom stereocenters. The zero-order chi connectivity index (χ0) is 5.11. The summed E-state index contributed by atoms with van der Waals surface area (Å²) in [6.45, 7) is 0. The van der Waals surface area contributed by atoms with Gasteiger partial charge in [0, 0.05) is 35.4 Å². The molecule has 0 saturated carbocycles. The third-order valence-electron chi connectivity index (χ3n) is 0.775. The smallest absolute Gasteiger partial charge is 0.0231 e. The molecule has 0 amide bonds. The van der Waals surface area contributed by atoms with E-state index in [4.69, 9.17) is 11.6 Å². The Morgan fingerprint density at radius 2 is 1.82 bits per heavy atom. The summed E-state index contributed by atoms with van der Waals surface area (Å²) in [5.41, 5.74) is 2.90. The van der Waals surface area contributed by atoms with Crippen molar-refractivity contribution >= 4 is 35.5 Å². The van der Waals surface area contributed by atoms with Crippen LogP contribution in [0.1, 0.15) is 6.42 Å². The van der Waals surface area contributed by atoms with E-state index in [1.165, 1.54) is 0 Å². The summed E-state index contributed by atoms with van der Waals surface area (Å²) in [5.74, 6) is 0. The quantitative estimate of drug-likeness (QED) is 0.304. The summed E-state index contributed by atoms with van der Waals surface area (Å²) in [6.07, 6.45) is 6.41. The van der Waals surface area contributed by atoms with E-state index in [0.29, 0.717) is 0 Å². The van der Waals surface area contributed by atoms with Gasteiger partial charge in [-0.1, -0.05) is 11.6 Å². The van der Waals surface area contributed by atoms with Gasteiger partial charge in [0.1, 0.15) is 0 Å². The minimum absolute atomic E-state index is 0. The van der Waals surface area contributed by atoms with Crippen LogP contribution in [0.15, 0.2) is 29.0 Å². The molecular weight excluding hydrogens is 333 g/mol. The molecule has 0 bridgehead atoms. The van der Waals surface area contributed by atoms with Crippen LogP contribution >= 0.6 is 11.6 Å². The second-order valence-electron chi connectivity index (χ2n) is 1.36. The van der Waals surface area contributed by atoms with Crippen molar-refractivity contribution in [2.75, 3.05) is 0 Å². The van der Waals surface area contributed by atoms with Crippen LogP contribution in [0.2, 0.25) is 0 Å². The number of halogens is 4. The summed E-state index contributed by atoms with van der Waals surface area (Å²) in [5, 5.41) is 0.888. The van der Waals surface area contributed by atoms with Gasteiger partial charge in [-0.3, -0.25) is 0 Å². The molecule has 64 valence electrons. The average molecular weight is 338 g/mol. The molecule has 0 spiro atoms. The van der Waals surface area contributed by atoms with E-state index in [1.807, 2.05) is 18.2 Å². The first-order valence-corrected chi connectivity index (χ1v) is 2.53. The molecule has 0 heterocycles. The Bertz CT molecular complexity index is 158. The van der Waals surface area contributed by atoms with Crippen molar-refractivity contribution in [3.63, 3.8) is 0 Å². The molecule has 0 aliphatic heterocycles. The van der Waals surface area contributed by atoms with Crippen molar-refractivity contribution in [2.45, 2.75) is 6.42 Å². The summed E-state index contributed by atoms with van der Waals surface area (Å²) >= 11 is 5.58. The van der Waals surface area contributed by atoms with Gasteiger partial charge in [-0.2, -0.15) is 0 Å². The van der Waals surface area contributed by atoms with Gasteiger partial charge in [-0.05, 0) is 18.2 Å². The predicted octanol–water partition coefficient (Wildman–Crippen LogP) is -7.14. The first kappa shape index (κ1) is 22.8. The van der Waals surface area contributed by atoms with Crippen LogP contribution in [0, 0.1) is 0 Å². The fraction of sp³-hybridized carbons (Fsp3) is 0.167. The maximum absolute atomic E-state index is 5.58. The molecule has 0 aromatic rings. The molecule has 5 heteroatoms. The molecule has 0 N–H and O–H groups in total. The summed E-state index contributed by atoms with van der Waals surface area (Å²) in [4.78, 5) is 0. The van der Waals surface area contributed by atoms with E-state index >= 15 is 0 Å². The molecule has 0 aromatic carbocycles. The summed E-state index contributed by atoms with van der Waals surface area (Å²) in [6, 6.07) is 0. The monoisotopic (exact) mass is 337 g/mol. The van der Waals surface area contributed by atoms with Crippen molar-refractivity contribution in [3.05, 3.63) is 29.0 Å². The Morgan fingerprint density at radius 3 is 2.00 bits per heavy atom. The third kappa shape index (κ3) is 11.2. The Morgan fingerprint density at radius 1 is 1.27 bits per heavy atom.